The molecule has 0 amide bonds. The standard InChI is InChI=1S/C42H27N3.C41H26N4.C35H22N4/c43-28-36-39(29-15-5-1-6-16-29)44-41(45-40(36)30-17-7-2-8-18-30)31-25-26-35-34-23-13-14-24-37(34)42(38(35)27-31,32-19-9-3-10-20-32)33-21-11-4-12-22-33;42-27-36-39(30-11-3-1-4-12-30)43-41(44-40(36)31-13-5-2-6-14-31)32-21-19-28(20-22-32)29-23-25-33(26-24-29)45-37-17-9-7-15-34(37)35-16-8-10-18-38(35)45;36-23-30-33(24-11-3-1-4-12-24)37-35(38-34(30)25-13-5-2-6-14-25)26-19-21-27(22-20-26)39-31-17-9-7-15-28(31)29-16-8-10-18-32(29)39/h1-27H;1-26H;1-22H. The number of aromatic nitrogens is 8. The van der Waals surface area contributed by atoms with E-state index in [9.17, 15) is 15.8 Å². The molecule has 129 heavy (non-hydrogen) atoms. The molecule has 22 aromatic rings. The van der Waals surface area contributed by atoms with Crippen molar-refractivity contribution in [2.24, 2.45) is 0 Å². The van der Waals surface area contributed by atoms with Crippen LogP contribution in [0.15, 0.2) is 455 Å². The smallest absolute Gasteiger partial charge is 0.160 e. The Morgan fingerprint density at radius 3 is 0.736 bits per heavy atom. The monoisotopic (exact) mass is 1650 g/mol. The van der Waals surface area contributed by atoms with Gasteiger partial charge in [-0.2, -0.15) is 15.8 Å². The van der Waals surface area contributed by atoms with Gasteiger partial charge in [0.05, 0.1) is 61.6 Å². The Balaban J connectivity index is 0.000000118. The minimum absolute atomic E-state index is 0.465. The molecule has 1 aliphatic rings. The first-order valence-electron chi connectivity index (χ1n) is 42.8. The molecule has 0 saturated carbocycles. The van der Waals surface area contributed by atoms with Crippen LogP contribution in [0.1, 0.15) is 38.9 Å². The summed E-state index contributed by atoms with van der Waals surface area (Å²) >= 11 is 0. The first-order chi connectivity index (χ1) is 63.9. The van der Waals surface area contributed by atoms with Gasteiger partial charge < -0.3 is 9.13 Å². The molecule has 0 N–H and O–H groups in total. The summed E-state index contributed by atoms with van der Waals surface area (Å²) in [4.78, 5) is 29.9. The fourth-order valence-corrected chi connectivity index (χ4v) is 18.3. The molecule has 5 heterocycles. The Bertz CT molecular complexity index is 7740. The summed E-state index contributed by atoms with van der Waals surface area (Å²) in [5.41, 5.74) is 29.1. The van der Waals surface area contributed by atoms with Crippen molar-refractivity contribution in [2.75, 3.05) is 0 Å². The molecule has 602 valence electrons. The average molecular weight is 1650 g/mol. The summed E-state index contributed by atoms with van der Waals surface area (Å²) in [6, 6.07) is 163. The van der Waals surface area contributed by atoms with Crippen molar-refractivity contribution < 1.29 is 0 Å². The van der Waals surface area contributed by atoms with E-state index in [2.05, 4.69) is 300 Å². The molecule has 11 heteroatoms. The lowest BCUT2D eigenvalue weighted by atomic mass is 9.67. The van der Waals surface area contributed by atoms with E-state index in [1.54, 1.807) is 0 Å². The summed E-state index contributed by atoms with van der Waals surface area (Å²) in [5.74, 6) is 1.75. The molecular weight excluding hydrogens is 1570 g/mol. The van der Waals surface area contributed by atoms with Crippen molar-refractivity contribution in [3.8, 4) is 154 Å². The van der Waals surface area contributed by atoms with Gasteiger partial charge in [-0.25, -0.2) is 29.9 Å². The minimum atomic E-state index is -0.526. The fourth-order valence-electron chi connectivity index (χ4n) is 18.3. The van der Waals surface area contributed by atoms with Crippen molar-refractivity contribution >= 4 is 43.6 Å². The van der Waals surface area contributed by atoms with E-state index in [1.165, 1.54) is 77.0 Å². The van der Waals surface area contributed by atoms with Crippen LogP contribution in [-0.4, -0.2) is 39.0 Å². The molecule has 0 unspecified atom stereocenters. The highest BCUT2D eigenvalue weighted by molar-refractivity contribution is 6.10. The maximum absolute atomic E-state index is 10.4. The van der Waals surface area contributed by atoms with Gasteiger partial charge >= 0.3 is 0 Å². The predicted octanol–water partition coefficient (Wildman–Crippen LogP) is 28.3. The Hall–Kier alpha value is -18.0. The van der Waals surface area contributed by atoms with Crippen LogP contribution in [0.2, 0.25) is 0 Å². The number of hydrogen-bond acceptors (Lipinski definition) is 9. The zero-order valence-electron chi connectivity index (χ0n) is 69.7. The van der Waals surface area contributed by atoms with Crippen LogP contribution >= 0.6 is 0 Å². The van der Waals surface area contributed by atoms with E-state index in [-0.39, 0.29) is 0 Å². The zero-order chi connectivity index (χ0) is 86.6. The van der Waals surface area contributed by atoms with E-state index in [4.69, 9.17) is 29.9 Å². The van der Waals surface area contributed by atoms with Gasteiger partial charge in [-0.3, -0.25) is 0 Å². The van der Waals surface area contributed by atoms with E-state index in [1.807, 2.05) is 182 Å². The lowest BCUT2D eigenvalue weighted by Gasteiger charge is -2.34. The van der Waals surface area contributed by atoms with E-state index >= 15 is 0 Å². The summed E-state index contributed by atoms with van der Waals surface area (Å²) in [5, 5.41) is 35.7. The second-order valence-electron chi connectivity index (χ2n) is 31.6. The minimum Gasteiger partial charge on any atom is -0.309 e. The molecule has 0 radical (unpaired) electrons. The van der Waals surface area contributed by atoms with Crippen LogP contribution in [0.3, 0.4) is 0 Å². The first kappa shape index (κ1) is 78.3. The normalized spacial score (nSPS) is 11.6. The Morgan fingerprint density at radius 1 is 0.194 bits per heavy atom. The number of nitrogens with zero attached hydrogens (tertiary/aromatic N) is 11. The third-order valence-corrected chi connectivity index (χ3v) is 24.2. The zero-order valence-corrected chi connectivity index (χ0v) is 69.7. The van der Waals surface area contributed by atoms with E-state index in [0.717, 1.165) is 72.6 Å². The molecule has 0 atom stereocenters. The number of benzene rings is 17. The maximum atomic E-state index is 10.4. The molecule has 0 fully saturated rings. The molecule has 11 nitrogen and oxygen atoms in total. The molecule has 0 bridgehead atoms. The van der Waals surface area contributed by atoms with Crippen LogP contribution in [-0.2, 0) is 5.41 Å². The summed E-state index contributed by atoms with van der Waals surface area (Å²) in [7, 11) is 0. The van der Waals surface area contributed by atoms with Gasteiger partial charge in [0.2, 0.25) is 0 Å². The second kappa shape index (κ2) is 34.4. The highest BCUT2D eigenvalue weighted by Crippen LogP contribution is 2.57. The predicted molar refractivity (Wildman–Crippen MR) is 521 cm³/mol. The number of hydrogen-bond donors (Lipinski definition) is 0. The van der Waals surface area contributed by atoms with Crippen LogP contribution in [0, 0.1) is 34.0 Å². The summed E-state index contributed by atoms with van der Waals surface area (Å²) < 4.78 is 4.62. The van der Waals surface area contributed by atoms with Gasteiger partial charge in [0.25, 0.3) is 0 Å². The number of rotatable bonds is 14. The van der Waals surface area contributed by atoms with Gasteiger partial charge in [0, 0.05) is 83.0 Å². The Kier molecular flexibility index (Phi) is 20.9. The van der Waals surface area contributed by atoms with Crippen LogP contribution < -0.4 is 0 Å². The highest BCUT2D eigenvalue weighted by Gasteiger charge is 2.46. The van der Waals surface area contributed by atoms with Gasteiger partial charge in [-0.15, -0.1) is 0 Å². The van der Waals surface area contributed by atoms with Gasteiger partial charge in [0.15, 0.2) is 17.5 Å². The van der Waals surface area contributed by atoms with E-state index < -0.39 is 5.41 Å². The summed E-state index contributed by atoms with van der Waals surface area (Å²) in [6.45, 7) is 0. The van der Waals surface area contributed by atoms with Crippen LogP contribution in [0.25, 0.3) is 179 Å². The van der Waals surface area contributed by atoms with Crippen molar-refractivity contribution in [1.29, 1.82) is 15.8 Å². The molecule has 0 aliphatic heterocycles. The third kappa shape index (κ3) is 14.5. The molecular formula is C118H75N11. The Morgan fingerprint density at radius 2 is 0.426 bits per heavy atom. The van der Waals surface area contributed by atoms with Gasteiger partial charge in [0.1, 0.15) is 34.9 Å². The van der Waals surface area contributed by atoms with Crippen molar-refractivity contribution in [1.82, 2.24) is 39.0 Å². The largest absolute Gasteiger partial charge is 0.309 e. The fraction of sp³-hybridized carbons (Fsp3) is 0.00847. The molecule has 23 rings (SSSR count). The number of fused-ring (bicyclic) bond motifs is 9. The number of nitriles is 3. The maximum Gasteiger partial charge on any atom is 0.160 e. The average Bonchev–Trinajstić information content (AvgIpc) is 1.53. The molecule has 17 aromatic carbocycles. The van der Waals surface area contributed by atoms with Gasteiger partial charge in [-0.05, 0) is 111 Å². The third-order valence-electron chi connectivity index (χ3n) is 24.2. The topological polar surface area (TPSA) is 159 Å². The molecule has 5 aromatic heterocycles. The first-order valence-corrected chi connectivity index (χ1v) is 42.8. The van der Waals surface area contributed by atoms with Crippen molar-refractivity contribution in [3.63, 3.8) is 0 Å². The van der Waals surface area contributed by atoms with Crippen LogP contribution in [0.4, 0.5) is 0 Å². The van der Waals surface area contributed by atoms with Crippen molar-refractivity contribution in [2.45, 2.75) is 5.41 Å². The lowest BCUT2D eigenvalue weighted by Crippen LogP contribution is -2.28. The lowest BCUT2D eigenvalue weighted by molar-refractivity contribution is 0.768. The SMILES string of the molecule is N#Cc1c(-c2ccccc2)nc(-c2ccc(-c3ccc(-n4c5ccccc5c5ccccc54)cc3)cc2)nc1-c1ccccc1.N#Cc1c(-c2ccccc2)nc(-c2ccc(-n3c4ccccc4c4ccccc43)cc2)nc1-c1ccccc1.N#Cc1c(-c2ccccc2)nc(-c2ccc3c(c2)C(c2ccccc2)(c2ccccc2)c2ccccc2-3)nc1-c1ccccc1. The molecule has 0 spiro atoms. The van der Waals surface area contributed by atoms with Gasteiger partial charge in [-0.1, -0.05) is 388 Å². The van der Waals surface area contributed by atoms with E-state index in [0.29, 0.717) is 68.3 Å². The van der Waals surface area contributed by atoms with Crippen molar-refractivity contribution in [3.05, 3.63) is 494 Å². The second-order valence-corrected chi connectivity index (χ2v) is 31.6. The summed E-state index contributed by atoms with van der Waals surface area (Å²) in [6.07, 6.45) is 0. The van der Waals surface area contributed by atoms with Crippen LogP contribution in [0.5, 0.6) is 0 Å². The quantitative estimate of drug-likeness (QED) is 0.103. The molecule has 0 saturated heterocycles. The molecule has 1 aliphatic carbocycles. The highest BCUT2D eigenvalue weighted by atomic mass is 15.0. The Labute approximate surface area is 746 Å². The number of para-hydroxylation sites is 4.